The Balaban J connectivity index is 2.03. The van der Waals surface area contributed by atoms with E-state index in [1.54, 1.807) is 7.11 Å². The molecule has 0 spiro atoms. The Kier molecular flexibility index (Phi) is 5.34. The van der Waals surface area contributed by atoms with E-state index in [1.807, 2.05) is 19.3 Å². The molecule has 0 bridgehead atoms. The lowest BCUT2D eigenvalue weighted by Crippen LogP contribution is -2.30. The molecule has 21 heavy (non-hydrogen) atoms. The molecule has 1 atom stereocenters. The van der Waals surface area contributed by atoms with Crippen molar-refractivity contribution in [1.82, 2.24) is 10.3 Å². The normalized spacial score (nSPS) is 12.2. The van der Waals surface area contributed by atoms with E-state index < -0.39 is 0 Å². The Morgan fingerprint density at radius 1 is 1.05 bits per heavy atom. The molecular weight excluding hydrogens is 260 g/mol. The lowest BCUT2D eigenvalue weighted by Gasteiger charge is -2.17. The third-order valence-corrected chi connectivity index (χ3v) is 3.95. The highest BCUT2D eigenvalue weighted by molar-refractivity contribution is 5.30. The number of methoxy groups -OCH3 is 1. The smallest absolute Gasteiger partial charge is 0.212 e. The van der Waals surface area contributed by atoms with E-state index in [1.165, 1.54) is 22.3 Å². The van der Waals surface area contributed by atoms with Crippen LogP contribution in [0, 0.1) is 13.8 Å². The van der Waals surface area contributed by atoms with E-state index in [0.717, 1.165) is 12.8 Å². The first-order chi connectivity index (χ1) is 10.1. The van der Waals surface area contributed by atoms with Gasteiger partial charge >= 0.3 is 0 Å². The molecule has 0 aliphatic carbocycles. The van der Waals surface area contributed by atoms with Gasteiger partial charge in [-0.15, -0.1) is 0 Å². The number of rotatable bonds is 6. The molecule has 1 aromatic carbocycles. The van der Waals surface area contributed by atoms with Crippen LogP contribution < -0.4 is 10.1 Å². The SMILES string of the molecule is CNC(Cc1ccc(OC)nc1)Cc1ccc(C)c(C)c1. The molecule has 0 aliphatic rings. The van der Waals surface area contributed by atoms with Gasteiger partial charge in [-0.1, -0.05) is 24.3 Å². The molecule has 1 aromatic heterocycles. The van der Waals surface area contributed by atoms with Crippen LogP contribution in [0.3, 0.4) is 0 Å². The minimum Gasteiger partial charge on any atom is -0.481 e. The zero-order valence-corrected chi connectivity index (χ0v) is 13.3. The van der Waals surface area contributed by atoms with Gasteiger partial charge in [-0.25, -0.2) is 4.98 Å². The number of benzene rings is 1. The largest absolute Gasteiger partial charge is 0.481 e. The fourth-order valence-electron chi connectivity index (χ4n) is 2.43. The zero-order chi connectivity index (χ0) is 15.2. The summed E-state index contributed by atoms with van der Waals surface area (Å²) in [4.78, 5) is 4.27. The number of aromatic nitrogens is 1. The summed E-state index contributed by atoms with van der Waals surface area (Å²) in [5, 5.41) is 3.40. The lowest BCUT2D eigenvalue weighted by atomic mass is 9.97. The zero-order valence-electron chi connectivity index (χ0n) is 13.3. The molecule has 1 N–H and O–H groups in total. The fourth-order valence-corrected chi connectivity index (χ4v) is 2.43. The highest BCUT2D eigenvalue weighted by atomic mass is 16.5. The molecule has 3 nitrogen and oxygen atoms in total. The molecule has 112 valence electrons. The summed E-state index contributed by atoms with van der Waals surface area (Å²) >= 11 is 0. The molecule has 3 heteroatoms. The maximum absolute atomic E-state index is 5.09. The summed E-state index contributed by atoms with van der Waals surface area (Å²) in [6, 6.07) is 11.1. The predicted octanol–water partition coefficient (Wildman–Crippen LogP) is 3.08. The molecule has 1 heterocycles. The Labute approximate surface area is 127 Å². The summed E-state index contributed by atoms with van der Waals surface area (Å²) in [5.74, 6) is 0.661. The van der Waals surface area contributed by atoms with Crippen LogP contribution in [0.4, 0.5) is 0 Å². The number of ether oxygens (including phenoxy) is 1. The van der Waals surface area contributed by atoms with Gasteiger partial charge in [0, 0.05) is 18.3 Å². The van der Waals surface area contributed by atoms with Crippen LogP contribution in [-0.4, -0.2) is 25.2 Å². The first-order valence-electron chi connectivity index (χ1n) is 7.34. The van der Waals surface area contributed by atoms with Crippen molar-refractivity contribution in [3.8, 4) is 5.88 Å². The summed E-state index contributed by atoms with van der Waals surface area (Å²) in [7, 11) is 3.65. The number of hydrogen-bond acceptors (Lipinski definition) is 3. The maximum Gasteiger partial charge on any atom is 0.212 e. The van der Waals surface area contributed by atoms with Crippen LogP contribution in [0.25, 0.3) is 0 Å². The molecule has 1 unspecified atom stereocenters. The van der Waals surface area contributed by atoms with Gasteiger partial charge < -0.3 is 10.1 Å². The van der Waals surface area contributed by atoms with Gasteiger partial charge in [0.1, 0.15) is 0 Å². The van der Waals surface area contributed by atoms with Crippen molar-refractivity contribution < 1.29 is 4.74 Å². The summed E-state index contributed by atoms with van der Waals surface area (Å²) in [6.45, 7) is 4.32. The van der Waals surface area contributed by atoms with Gasteiger partial charge in [-0.05, 0) is 56.0 Å². The third-order valence-electron chi connectivity index (χ3n) is 3.95. The molecule has 2 aromatic rings. The minimum absolute atomic E-state index is 0.405. The topological polar surface area (TPSA) is 34.1 Å². The van der Waals surface area contributed by atoms with E-state index >= 15 is 0 Å². The third kappa shape index (κ3) is 4.30. The number of hydrogen-bond donors (Lipinski definition) is 1. The molecule has 0 saturated carbocycles. The van der Waals surface area contributed by atoms with E-state index in [-0.39, 0.29) is 0 Å². The van der Waals surface area contributed by atoms with E-state index in [4.69, 9.17) is 4.74 Å². The number of nitrogens with one attached hydrogen (secondary N) is 1. The molecule has 0 fully saturated rings. The van der Waals surface area contributed by atoms with Gasteiger partial charge in [0.2, 0.25) is 5.88 Å². The highest BCUT2D eigenvalue weighted by Crippen LogP contribution is 2.14. The van der Waals surface area contributed by atoms with Gasteiger partial charge in [0.05, 0.1) is 7.11 Å². The quantitative estimate of drug-likeness (QED) is 0.885. The average Bonchev–Trinajstić information content (AvgIpc) is 2.51. The molecule has 0 saturated heterocycles. The van der Waals surface area contributed by atoms with Crippen molar-refractivity contribution in [2.75, 3.05) is 14.2 Å². The molecule has 0 aliphatic heterocycles. The summed E-state index contributed by atoms with van der Waals surface area (Å²) in [5.41, 5.74) is 5.30. The van der Waals surface area contributed by atoms with Crippen LogP contribution in [0.2, 0.25) is 0 Å². The first-order valence-corrected chi connectivity index (χ1v) is 7.34. The monoisotopic (exact) mass is 284 g/mol. The van der Waals surface area contributed by atoms with Crippen molar-refractivity contribution >= 4 is 0 Å². The second-order valence-electron chi connectivity index (χ2n) is 5.52. The van der Waals surface area contributed by atoms with Crippen molar-refractivity contribution in [1.29, 1.82) is 0 Å². The molecular formula is C18H24N2O. The van der Waals surface area contributed by atoms with Crippen molar-refractivity contribution in [2.45, 2.75) is 32.7 Å². The Bertz CT molecular complexity index is 578. The van der Waals surface area contributed by atoms with Crippen LogP contribution >= 0.6 is 0 Å². The summed E-state index contributed by atoms with van der Waals surface area (Å²) < 4.78 is 5.09. The standard InChI is InChI=1S/C18H24N2O/c1-13-5-6-15(9-14(13)2)10-17(19-3)11-16-7-8-18(21-4)20-12-16/h5-9,12,17,19H,10-11H2,1-4H3. The lowest BCUT2D eigenvalue weighted by molar-refractivity contribution is 0.397. The first kappa shape index (κ1) is 15.5. The van der Waals surface area contributed by atoms with Gasteiger partial charge in [0.15, 0.2) is 0 Å². The second-order valence-corrected chi connectivity index (χ2v) is 5.52. The second kappa shape index (κ2) is 7.23. The van der Waals surface area contributed by atoms with E-state index in [2.05, 4.69) is 48.4 Å². The van der Waals surface area contributed by atoms with Crippen LogP contribution in [0.15, 0.2) is 36.5 Å². The van der Waals surface area contributed by atoms with E-state index in [0.29, 0.717) is 11.9 Å². The highest BCUT2D eigenvalue weighted by Gasteiger charge is 2.09. The van der Waals surface area contributed by atoms with Crippen molar-refractivity contribution in [3.05, 3.63) is 58.8 Å². The summed E-state index contributed by atoms with van der Waals surface area (Å²) in [6.07, 6.45) is 3.87. The average molecular weight is 284 g/mol. The van der Waals surface area contributed by atoms with E-state index in [9.17, 15) is 0 Å². The van der Waals surface area contributed by atoms with Crippen LogP contribution in [0.1, 0.15) is 22.3 Å². The predicted molar refractivity (Wildman–Crippen MR) is 87.0 cm³/mol. The maximum atomic E-state index is 5.09. The van der Waals surface area contributed by atoms with Crippen molar-refractivity contribution in [3.63, 3.8) is 0 Å². The Hall–Kier alpha value is -1.87. The number of likely N-dealkylation sites (N-methyl/N-ethyl adjacent to an activating group) is 1. The van der Waals surface area contributed by atoms with Gasteiger partial charge in [-0.2, -0.15) is 0 Å². The fraction of sp³-hybridized carbons (Fsp3) is 0.389. The number of nitrogens with zero attached hydrogens (tertiary/aromatic N) is 1. The Morgan fingerprint density at radius 3 is 2.33 bits per heavy atom. The van der Waals surface area contributed by atoms with Crippen molar-refractivity contribution in [2.24, 2.45) is 0 Å². The molecule has 0 amide bonds. The molecule has 2 rings (SSSR count). The number of pyridine rings is 1. The number of aryl methyl sites for hydroxylation is 2. The van der Waals surface area contributed by atoms with Crippen LogP contribution in [-0.2, 0) is 12.8 Å². The van der Waals surface area contributed by atoms with Crippen LogP contribution in [0.5, 0.6) is 5.88 Å². The Morgan fingerprint density at radius 2 is 1.76 bits per heavy atom. The van der Waals surface area contributed by atoms with Gasteiger partial charge in [-0.3, -0.25) is 0 Å². The van der Waals surface area contributed by atoms with Gasteiger partial charge in [0.25, 0.3) is 0 Å². The minimum atomic E-state index is 0.405. The molecule has 0 radical (unpaired) electrons.